The molecule has 11 nitrogen and oxygen atoms in total. The molecule has 11 heteroatoms. The Morgan fingerprint density at radius 1 is 1.39 bits per heavy atom. The van der Waals surface area contributed by atoms with E-state index in [2.05, 4.69) is 36.3 Å². The number of fused-ring (bicyclic) bond motifs is 1. The molecule has 0 spiro atoms. The van der Waals surface area contributed by atoms with Crippen LogP contribution in [0, 0.1) is 0 Å². The van der Waals surface area contributed by atoms with Crippen LogP contribution in [-0.4, -0.2) is 62.2 Å². The summed E-state index contributed by atoms with van der Waals surface area (Å²) in [4.78, 5) is 20.9. The minimum atomic E-state index is -1.10. The van der Waals surface area contributed by atoms with Gasteiger partial charge in [0.25, 0.3) is 5.91 Å². The molecule has 1 amide bonds. The molecule has 2 aliphatic rings. The second kappa shape index (κ2) is 7.60. The van der Waals surface area contributed by atoms with Gasteiger partial charge in [-0.3, -0.25) is 4.79 Å². The van der Waals surface area contributed by atoms with Gasteiger partial charge in [0.15, 0.2) is 5.65 Å². The number of carbonyl (C=O) groups excluding carboxylic acids is 1. The van der Waals surface area contributed by atoms with E-state index >= 15 is 0 Å². The highest BCUT2D eigenvalue weighted by molar-refractivity contribution is 6.00. The van der Waals surface area contributed by atoms with Gasteiger partial charge in [-0.2, -0.15) is 19.6 Å². The topological polar surface area (TPSA) is 138 Å². The van der Waals surface area contributed by atoms with Crippen LogP contribution in [0.5, 0.6) is 0 Å². The lowest BCUT2D eigenvalue weighted by atomic mass is 10.2. The minimum absolute atomic E-state index is 0.158. The molecular weight excluding hydrogens is 364 g/mol. The smallest absolute Gasteiger partial charge is 0.270 e. The molecule has 150 valence electrons. The molecule has 28 heavy (non-hydrogen) atoms. The number of anilines is 2. The number of aromatic nitrogens is 4. The van der Waals surface area contributed by atoms with Gasteiger partial charge >= 0.3 is 0 Å². The summed E-state index contributed by atoms with van der Waals surface area (Å²) < 4.78 is 7.15. The Labute approximate surface area is 161 Å². The summed E-state index contributed by atoms with van der Waals surface area (Å²) in [7, 11) is 0. The molecule has 1 saturated heterocycles. The maximum Gasteiger partial charge on any atom is 0.270 e. The second-order valence-corrected chi connectivity index (χ2v) is 7.05. The molecule has 3 heterocycles. The molecule has 1 aliphatic carbocycles. The van der Waals surface area contributed by atoms with Gasteiger partial charge in [0.05, 0.1) is 18.9 Å². The van der Waals surface area contributed by atoms with Gasteiger partial charge in [-0.05, 0) is 32.8 Å². The summed E-state index contributed by atoms with van der Waals surface area (Å²) in [5, 5.41) is 25.4. The molecule has 2 aromatic heterocycles. The SMILES string of the molecule is CC(C)OCCNc1nc(NC2CC2)n2ncc(/C=C3\NC(O)NC3=O)c2n1. The first kappa shape index (κ1) is 18.4. The molecule has 0 radical (unpaired) electrons. The maximum absolute atomic E-state index is 11.9. The number of hydrogen-bond donors (Lipinski definition) is 5. The van der Waals surface area contributed by atoms with Gasteiger partial charge in [-0.15, -0.1) is 0 Å². The van der Waals surface area contributed by atoms with Crippen molar-refractivity contribution in [3.05, 3.63) is 17.5 Å². The standard InChI is InChI=1S/C17H24N8O3/c1-9(2)28-6-5-18-15-22-13-10(7-12-14(26)23-17(27)21-12)8-19-25(13)16(24-15)20-11-3-4-11/h7-9,11,17,21,27H,3-6H2,1-2H3,(H,23,26)(H2,18,20,22,24)/b12-7-. The Kier molecular flexibility index (Phi) is 5.01. The van der Waals surface area contributed by atoms with E-state index in [1.165, 1.54) is 0 Å². The van der Waals surface area contributed by atoms with Gasteiger partial charge in [0, 0.05) is 18.2 Å². The summed E-state index contributed by atoms with van der Waals surface area (Å²) in [6, 6.07) is 0.388. The molecule has 1 saturated carbocycles. The fraction of sp³-hybridized carbons (Fsp3) is 0.529. The summed E-state index contributed by atoms with van der Waals surface area (Å²) in [5.74, 6) is 0.654. The van der Waals surface area contributed by atoms with Gasteiger partial charge in [0.1, 0.15) is 5.70 Å². The molecule has 2 aromatic rings. The van der Waals surface area contributed by atoms with E-state index < -0.39 is 6.35 Å². The number of ether oxygens (including phenoxy) is 1. The minimum Gasteiger partial charge on any atom is -0.377 e. The van der Waals surface area contributed by atoms with Crippen molar-refractivity contribution in [1.82, 2.24) is 30.2 Å². The van der Waals surface area contributed by atoms with Crippen LogP contribution in [0.25, 0.3) is 11.7 Å². The number of aliphatic hydroxyl groups is 1. The third kappa shape index (κ3) is 4.15. The first-order valence-corrected chi connectivity index (χ1v) is 9.34. The highest BCUT2D eigenvalue weighted by Crippen LogP contribution is 2.25. The molecule has 1 aliphatic heterocycles. The van der Waals surface area contributed by atoms with Crippen LogP contribution < -0.4 is 21.3 Å². The molecule has 1 atom stereocenters. The van der Waals surface area contributed by atoms with Crippen LogP contribution in [-0.2, 0) is 9.53 Å². The number of amides is 1. The zero-order chi connectivity index (χ0) is 19.7. The number of carbonyl (C=O) groups is 1. The number of aliphatic hydroxyl groups excluding tert-OH is 1. The van der Waals surface area contributed by atoms with Crippen molar-refractivity contribution >= 4 is 29.5 Å². The van der Waals surface area contributed by atoms with Crippen molar-refractivity contribution in [2.75, 3.05) is 23.8 Å². The largest absolute Gasteiger partial charge is 0.377 e. The first-order valence-electron chi connectivity index (χ1n) is 9.34. The second-order valence-electron chi connectivity index (χ2n) is 7.05. The molecule has 4 rings (SSSR count). The zero-order valence-corrected chi connectivity index (χ0v) is 15.8. The summed E-state index contributed by atoms with van der Waals surface area (Å²) >= 11 is 0. The average molecular weight is 388 g/mol. The first-order chi connectivity index (χ1) is 13.5. The van der Waals surface area contributed by atoms with E-state index in [0.29, 0.717) is 42.3 Å². The van der Waals surface area contributed by atoms with Crippen molar-refractivity contribution in [2.45, 2.75) is 45.2 Å². The fourth-order valence-electron chi connectivity index (χ4n) is 2.75. The molecule has 1 unspecified atom stereocenters. The van der Waals surface area contributed by atoms with Crippen LogP contribution in [0.15, 0.2) is 11.9 Å². The molecule has 2 fully saturated rings. The van der Waals surface area contributed by atoms with Crippen molar-refractivity contribution in [3.63, 3.8) is 0 Å². The Hall–Kier alpha value is -2.92. The summed E-state index contributed by atoms with van der Waals surface area (Å²) in [5.41, 5.74) is 1.43. The Balaban J connectivity index is 1.62. The van der Waals surface area contributed by atoms with Gasteiger partial charge in [0.2, 0.25) is 18.2 Å². The number of hydrogen-bond acceptors (Lipinski definition) is 9. The van der Waals surface area contributed by atoms with Gasteiger partial charge in [-0.25, -0.2) is 0 Å². The number of nitrogens with one attached hydrogen (secondary N) is 4. The van der Waals surface area contributed by atoms with E-state index in [1.54, 1.807) is 16.8 Å². The van der Waals surface area contributed by atoms with E-state index in [0.717, 1.165) is 12.8 Å². The normalized spacial score (nSPS) is 20.6. The highest BCUT2D eigenvalue weighted by atomic mass is 16.5. The lowest BCUT2D eigenvalue weighted by Crippen LogP contribution is -2.30. The van der Waals surface area contributed by atoms with Crippen LogP contribution >= 0.6 is 0 Å². The van der Waals surface area contributed by atoms with Gasteiger partial charge in [-0.1, -0.05) is 0 Å². The zero-order valence-electron chi connectivity index (χ0n) is 15.8. The van der Waals surface area contributed by atoms with E-state index in [4.69, 9.17) is 4.74 Å². The molecule has 0 bridgehead atoms. The monoisotopic (exact) mass is 388 g/mol. The molecule has 0 aromatic carbocycles. The predicted octanol–water partition coefficient (Wildman–Crippen LogP) is -0.128. The van der Waals surface area contributed by atoms with Crippen molar-refractivity contribution in [2.24, 2.45) is 0 Å². The van der Waals surface area contributed by atoms with E-state index in [9.17, 15) is 9.90 Å². The lowest BCUT2D eigenvalue weighted by molar-refractivity contribution is -0.117. The van der Waals surface area contributed by atoms with E-state index in [-0.39, 0.29) is 17.7 Å². The third-order valence-corrected chi connectivity index (χ3v) is 4.25. The summed E-state index contributed by atoms with van der Waals surface area (Å²) in [6.45, 7) is 5.07. The van der Waals surface area contributed by atoms with Crippen LogP contribution in [0.1, 0.15) is 32.3 Å². The molecule has 5 N–H and O–H groups in total. The van der Waals surface area contributed by atoms with Crippen LogP contribution in [0.4, 0.5) is 11.9 Å². The Morgan fingerprint density at radius 2 is 2.21 bits per heavy atom. The van der Waals surface area contributed by atoms with Crippen molar-refractivity contribution in [3.8, 4) is 0 Å². The Bertz CT molecular complexity index is 905. The van der Waals surface area contributed by atoms with Crippen LogP contribution in [0.3, 0.4) is 0 Å². The Morgan fingerprint density at radius 3 is 2.89 bits per heavy atom. The third-order valence-electron chi connectivity index (χ3n) is 4.25. The maximum atomic E-state index is 11.9. The van der Waals surface area contributed by atoms with Crippen molar-refractivity contribution < 1.29 is 14.6 Å². The number of rotatable bonds is 8. The molecular formula is C17H24N8O3. The average Bonchev–Trinajstić information content (AvgIpc) is 3.28. The van der Waals surface area contributed by atoms with Crippen LogP contribution in [0.2, 0.25) is 0 Å². The van der Waals surface area contributed by atoms with Gasteiger partial charge < -0.3 is 31.1 Å². The highest BCUT2D eigenvalue weighted by Gasteiger charge is 2.25. The lowest BCUT2D eigenvalue weighted by Gasteiger charge is -2.11. The number of nitrogens with zero attached hydrogens (tertiary/aromatic N) is 4. The fourth-order valence-corrected chi connectivity index (χ4v) is 2.75. The predicted molar refractivity (Wildman–Crippen MR) is 102 cm³/mol. The van der Waals surface area contributed by atoms with E-state index in [1.807, 2.05) is 13.8 Å². The van der Waals surface area contributed by atoms with Crippen molar-refractivity contribution in [1.29, 1.82) is 0 Å². The quantitative estimate of drug-likeness (QED) is 0.309. The summed E-state index contributed by atoms with van der Waals surface area (Å²) in [6.07, 6.45) is 4.47.